The number of nitrogens with one attached hydrogen (secondary N) is 2. The number of nitrogens with zero attached hydrogens (tertiary/aromatic N) is 1. The fourth-order valence-corrected chi connectivity index (χ4v) is 4.47. The van der Waals surface area contributed by atoms with Crippen LogP contribution in [0.1, 0.15) is 65.7 Å². The summed E-state index contributed by atoms with van der Waals surface area (Å²) in [7, 11) is 0. The molecule has 2 fully saturated rings. The predicted molar refractivity (Wildman–Crippen MR) is 119 cm³/mol. The fourth-order valence-electron chi connectivity index (χ4n) is 4.47. The van der Waals surface area contributed by atoms with Gasteiger partial charge in [-0.3, -0.25) is 4.99 Å². The highest BCUT2D eigenvalue weighted by molar-refractivity contribution is 14.0. The molecule has 2 rings (SSSR count). The number of guanidine groups is 1. The molecule has 1 aliphatic carbocycles. The molecule has 0 aromatic rings. The Morgan fingerprint density at radius 2 is 1.73 bits per heavy atom. The number of ether oxygens (including phenoxy) is 1. The smallest absolute Gasteiger partial charge is 0.191 e. The van der Waals surface area contributed by atoms with Crippen molar-refractivity contribution < 1.29 is 9.84 Å². The van der Waals surface area contributed by atoms with E-state index in [9.17, 15) is 5.11 Å². The second-order valence-corrected chi connectivity index (χ2v) is 8.62. The Morgan fingerprint density at radius 3 is 2.27 bits per heavy atom. The van der Waals surface area contributed by atoms with Gasteiger partial charge < -0.3 is 20.5 Å². The van der Waals surface area contributed by atoms with Crippen molar-refractivity contribution in [2.75, 3.05) is 39.5 Å². The zero-order valence-corrected chi connectivity index (χ0v) is 19.3. The standard InChI is InChI=1S/C20H39N3O2.HI/c1-4-21-18(23-15-20(16-24)9-11-25-12-10-20)22-14-19(13-17(2)3)7-5-6-8-19;/h17,24H,4-16H2,1-3H3,(H2,21,22,23);1H. The molecule has 3 N–H and O–H groups in total. The molecule has 0 aromatic heterocycles. The first-order valence-electron chi connectivity index (χ1n) is 10.2. The number of hydrogen-bond acceptors (Lipinski definition) is 3. The highest BCUT2D eigenvalue weighted by Gasteiger charge is 2.35. The minimum Gasteiger partial charge on any atom is -0.396 e. The van der Waals surface area contributed by atoms with E-state index >= 15 is 0 Å². The number of hydrogen-bond donors (Lipinski definition) is 3. The molecular formula is C20H40IN3O2. The average Bonchev–Trinajstić information content (AvgIpc) is 3.06. The van der Waals surface area contributed by atoms with E-state index in [1.165, 1.54) is 32.1 Å². The number of rotatable bonds is 8. The topological polar surface area (TPSA) is 65.9 Å². The first-order chi connectivity index (χ1) is 12.0. The molecule has 0 spiro atoms. The lowest BCUT2D eigenvalue weighted by Gasteiger charge is -2.34. The molecule has 6 heteroatoms. The first kappa shape index (κ1) is 24.0. The highest BCUT2D eigenvalue weighted by Crippen LogP contribution is 2.42. The lowest BCUT2D eigenvalue weighted by molar-refractivity contribution is -0.0106. The number of aliphatic hydroxyl groups is 1. The predicted octanol–water partition coefficient (Wildman–Crippen LogP) is 3.56. The number of aliphatic imine (C=N–C) groups is 1. The van der Waals surface area contributed by atoms with Gasteiger partial charge in [0.05, 0.1) is 13.2 Å². The molecular weight excluding hydrogens is 441 g/mol. The Kier molecular flexibility index (Phi) is 10.8. The van der Waals surface area contributed by atoms with E-state index in [-0.39, 0.29) is 36.0 Å². The second kappa shape index (κ2) is 11.7. The summed E-state index contributed by atoms with van der Waals surface area (Å²) in [5.41, 5.74) is 0.321. The molecule has 2 aliphatic rings. The zero-order valence-electron chi connectivity index (χ0n) is 17.0. The molecule has 0 radical (unpaired) electrons. The molecule has 0 unspecified atom stereocenters. The minimum absolute atomic E-state index is 0. The molecule has 5 nitrogen and oxygen atoms in total. The van der Waals surface area contributed by atoms with Crippen LogP contribution in [0.2, 0.25) is 0 Å². The van der Waals surface area contributed by atoms with Crippen molar-refractivity contribution in [3.63, 3.8) is 0 Å². The average molecular weight is 481 g/mol. The molecule has 1 aliphatic heterocycles. The van der Waals surface area contributed by atoms with Crippen molar-refractivity contribution in [2.45, 2.75) is 65.7 Å². The van der Waals surface area contributed by atoms with Crippen LogP contribution in [-0.2, 0) is 4.74 Å². The maximum Gasteiger partial charge on any atom is 0.191 e. The molecule has 154 valence electrons. The lowest BCUT2D eigenvalue weighted by Crippen LogP contribution is -2.44. The van der Waals surface area contributed by atoms with Crippen molar-refractivity contribution in [2.24, 2.45) is 21.7 Å². The van der Waals surface area contributed by atoms with E-state index < -0.39 is 0 Å². The molecule has 26 heavy (non-hydrogen) atoms. The van der Waals surface area contributed by atoms with E-state index in [2.05, 4.69) is 31.4 Å². The Bertz CT molecular complexity index is 417. The van der Waals surface area contributed by atoms with E-state index in [1.54, 1.807) is 0 Å². The van der Waals surface area contributed by atoms with Crippen molar-refractivity contribution in [1.29, 1.82) is 0 Å². The van der Waals surface area contributed by atoms with Crippen LogP contribution < -0.4 is 10.6 Å². The van der Waals surface area contributed by atoms with Crippen LogP contribution in [0.5, 0.6) is 0 Å². The van der Waals surface area contributed by atoms with Crippen LogP contribution in [0.3, 0.4) is 0 Å². The van der Waals surface area contributed by atoms with Crippen molar-refractivity contribution in [3.05, 3.63) is 0 Å². The maximum atomic E-state index is 9.86. The zero-order chi connectivity index (χ0) is 18.2. The third-order valence-corrected chi connectivity index (χ3v) is 5.94. The van der Waals surface area contributed by atoms with Gasteiger partial charge in [0.1, 0.15) is 0 Å². The van der Waals surface area contributed by atoms with E-state index in [0.717, 1.165) is 51.0 Å². The van der Waals surface area contributed by atoms with Gasteiger partial charge in [-0.2, -0.15) is 0 Å². The molecule has 1 saturated carbocycles. The van der Waals surface area contributed by atoms with Gasteiger partial charge in [-0.1, -0.05) is 26.7 Å². The van der Waals surface area contributed by atoms with Gasteiger partial charge in [-0.15, -0.1) is 24.0 Å². The summed E-state index contributed by atoms with van der Waals surface area (Å²) in [6.07, 6.45) is 8.45. The van der Waals surface area contributed by atoms with Gasteiger partial charge in [0.15, 0.2) is 5.96 Å². The fraction of sp³-hybridized carbons (Fsp3) is 0.950. The quantitative estimate of drug-likeness (QED) is 0.282. The maximum absolute atomic E-state index is 9.86. The third kappa shape index (κ3) is 7.15. The van der Waals surface area contributed by atoms with Crippen LogP contribution in [0, 0.1) is 16.7 Å². The van der Waals surface area contributed by atoms with Gasteiger partial charge in [0.2, 0.25) is 0 Å². The van der Waals surface area contributed by atoms with Gasteiger partial charge in [-0.25, -0.2) is 0 Å². The molecule has 1 heterocycles. The van der Waals surface area contributed by atoms with E-state index in [0.29, 0.717) is 12.0 Å². The monoisotopic (exact) mass is 481 g/mol. The van der Waals surface area contributed by atoms with Gasteiger partial charge in [0.25, 0.3) is 0 Å². The molecule has 0 bridgehead atoms. The van der Waals surface area contributed by atoms with E-state index in [1.807, 2.05) is 0 Å². The minimum atomic E-state index is -0.108. The van der Waals surface area contributed by atoms with Crippen molar-refractivity contribution in [1.82, 2.24) is 10.6 Å². The van der Waals surface area contributed by atoms with Crippen LogP contribution >= 0.6 is 24.0 Å². The summed E-state index contributed by atoms with van der Waals surface area (Å²) in [6.45, 7) is 11.0. The Balaban J connectivity index is 0.00000338. The lowest BCUT2D eigenvalue weighted by atomic mass is 9.78. The van der Waals surface area contributed by atoms with Gasteiger partial charge in [0, 0.05) is 31.7 Å². The first-order valence-corrected chi connectivity index (χ1v) is 10.2. The van der Waals surface area contributed by atoms with Crippen LogP contribution in [-0.4, -0.2) is 50.5 Å². The molecule has 0 aromatic carbocycles. The molecule has 1 saturated heterocycles. The van der Waals surface area contributed by atoms with Crippen LogP contribution in [0.4, 0.5) is 0 Å². The van der Waals surface area contributed by atoms with E-state index in [4.69, 9.17) is 9.73 Å². The number of halogens is 1. The molecule has 0 atom stereocenters. The SMILES string of the molecule is CCNC(=NCC1(CO)CCOCC1)NCC1(CC(C)C)CCCC1.I. The Hall–Kier alpha value is -0.0800. The van der Waals surface area contributed by atoms with Gasteiger partial charge in [-0.05, 0) is 50.4 Å². The Labute approximate surface area is 177 Å². The summed E-state index contributed by atoms with van der Waals surface area (Å²) < 4.78 is 5.46. The van der Waals surface area contributed by atoms with Crippen molar-refractivity contribution in [3.8, 4) is 0 Å². The van der Waals surface area contributed by atoms with Crippen LogP contribution in [0.25, 0.3) is 0 Å². The summed E-state index contributed by atoms with van der Waals surface area (Å²) >= 11 is 0. The summed E-state index contributed by atoms with van der Waals surface area (Å²) in [6, 6.07) is 0. The summed E-state index contributed by atoms with van der Waals surface area (Å²) in [4.78, 5) is 4.83. The highest BCUT2D eigenvalue weighted by atomic mass is 127. The van der Waals surface area contributed by atoms with Crippen molar-refractivity contribution >= 4 is 29.9 Å². The third-order valence-electron chi connectivity index (χ3n) is 5.94. The summed E-state index contributed by atoms with van der Waals surface area (Å²) in [5, 5.41) is 16.9. The summed E-state index contributed by atoms with van der Waals surface area (Å²) in [5.74, 6) is 1.64. The van der Waals surface area contributed by atoms with Gasteiger partial charge >= 0.3 is 0 Å². The second-order valence-electron chi connectivity index (χ2n) is 8.62. The Morgan fingerprint density at radius 1 is 1.08 bits per heavy atom. The van der Waals surface area contributed by atoms with Crippen LogP contribution in [0.15, 0.2) is 4.99 Å². The molecule has 0 amide bonds. The largest absolute Gasteiger partial charge is 0.396 e. The number of aliphatic hydroxyl groups excluding tert-OH is 1. The normalized spacial score (nSPS) is 22.1.